The van der Waals surface area contributed by atoms with Crippen molar-refractivity contribution < 1.29 is 4.79 Å². The minimum absolute atomic E-state index is 0.273. The molecular weight excluding hydrogens is 336 g/mol. The average molecular weight is 356 g/mol. The number of carbonyl (C=O) groups is 1. The molecule has 2 aliphatic rings. The third kappa shape index (κ3) is 3.39. The molecule has 0 saturated heterocycles. The second-order valence-electron chi connectivity index (χ2n) is 7.11. The van der Waals surface area contributed by atoms with Crippen LogP contribution in [-0.4, -0.2) is 16.6 Å². The van der Waals surface area contributed by atoms with E-state index >= 15 is 0 Å². The maximum atomic E-state index is 12.7. The molecule has 1 N–H and O–H groups in total. The summed E-state index contributed by atoms with van der Waals surface area (Å²) in [5.41, 5.74) is 6.29. The summed E-state index contributed by atoms with van der Waals surface area (Å²) in [5.74, 6) is 0.429. The van der Waals surface area contributed by atoms with Gasteiger partial charge in [0.15, 0.2) is 0 Å². The largest absolute Gasteiger partial charge is 0.321 e. The van der Waals surface area contributed by atoms with Crippen LogP contribution < -0.4 is 5.32 Å². The molecule has 134 valence electrons. The van der Waals surface area contributed by atoms with Gasteiger partial charge in [0, 0.05) is 17.4 Å². The maximum absolute atomic E-state index is 12.7. The Morgan fingerprint density at radius 3 is 2.85 bits per heavy atom. The topological polar surface area (TPSA) is 78.1 Å². The molecule has 0 unspecified atom stereocenters. The van der Waals surface area contributed by atoms with Crippen LogP contribution in [0.4, 0.5) is 5.69 Å². The first-order chi connectivity index (χ1) is 13.1. The van der Waals surface area contributed by atoms with E-state index in [9.17, 15) is 4.79 Å². The number of carbonyl (C=O) groups excluding carboxylic acids is 1. The highest BCUT2D eigenvalue weighted by Gasteiger charge is 2.20. The Kier molecular flexibility index (Phi) is 4.33. The molecule has 2 aromatic rings. The number of hydrogen-bond acceptors (Lipinski definition) is 4. The number of nitriles is 1. The minimum atomic E-state index is -0.273. The lowest BCUT2D eigenvalue weighted by atomic mass is 10.0. The van der Waals surface area contributed by atoms with Gasteiger partial charge in [-0.05, 0) is 67.5 Å². The van der Waals surface area contributed by atoms with Crippen molar-refractivity contribution in [2.45, 2.75) is 33.2 Å². The highest BCUT2D eigenvalue weighted by Crippen LogP contribution is 2.31. The first kappa shape index (κ1) is 17.2. The van der Waals surface area contributed by atoms with Gasteiger partial charge in [-0.25, -0.2) is 4.98 Å². The molecule has 1 aliphatic heterocycles. The van der Waals surface area contributed by atoms with Gasteiger partial charge in [-0.1, -0.05) is 12.1 Å². The van der Waals surface area contributed by atoms with Crippen LogP contribution in [0.1, 0.15) is 51.1 Å². The number of anilines is 1. The molecule has 1 aliphatic carbocycles. The zero-order valence-electron chi connectivity index (χ0n) is 15.4. The van der Waals surface area contributed by atoms with E-state index in [1.165, 1.54) is 24.6 Å². The summed E-state index contributed by atoms with van der Waals surface area (Å²) < 4.78 is 0. The van der Waals surface area contributed by atoms with Crippen LogP contribution >= 0.6 is 0 Å². The SMILES string of the molecule is Cc1c(C#N)cnc(C(=O)Nc2ccc3c(c2)C(/C=C/C2CC2)=NC3)c1C. The minimum Gasteiger partial charge on any atom is -0.321 e. The number of rotatable bonds is 4. The van der Waals surface area contributed by atoms with Crippen molar-refractivity contribution in [1.82, 2.24) is 4.98 Å². The molecule has 0 atom stereocenters. The Morgan fingerprint density at radius 2 is 2.11 bits per heavy atom. The second-order valence-corrected chi connectivity index (χ2v) is 7.11. The monoisotopic (exact) mass is 356 g/mol. The van der Waals surface area contributed by atoms with E-state index in [4.69, 9.17) is 5.26 Å². The number of nitrogens with one attached hydrogen (secondary N) is 1. The lowest BCUT2D eigenvalue weighted by Crippen LogP contribution is -2.16. The van der Waals surface area contributed by atoms with Gasteiger partial charge in [0.05, 0.1) is 17.8 Å². The third-order valence-corrected chi connectivity index (χ3v) is 5.19. The molecular formula is C22H20N4O. The van der Waals surface area contributed by atoms with Gasteiger partial charge in [0.2, 0.25) is 0 Å². The van der Waals surface area contributed by atoms with Crippen molar-refractivity contribution in [2.75, 3.05) is 5.32 Å². The average Bonchev–Trinajstić information content (AvgIpc) is 3.41. The van der Waals surface area contributed by atoms with Crippen LogP contribution in [0.5, 0.6) is 0 Å². The van der Waals surface area contributed by atoms with E-state index in [-0.39, 0.29) is 5.91 Å². The highest BCUT2D eigenvalue weighted by molar-refractivity contribution is 6.12. The zero-order chi connectivity index (χ0) is 19.0. The summed E-state index contributed by atoms with van der Waals surface area (Å²) >= 11 is 0. The lowest BCUT2D eigenvalue weighted by Gasteiger charge is -2.11. The van der Waals surface area contributed by atoms with Gasteiger partial charge in [0.1, 0.15) is 11.8 Å². The molecule has 1 fully saturated rings. The van der Waals surface area contributed by atoms with Gasteiger partial charge < -0.3 is 5.32 Å². The first-order valence-electron chi connectivity index (χ1n) is 9.10. The van der Waals surface area contributed by atoms with Gasteiger partial charge in [-0.3, -0.25) is 9.79 Å². The molecule has 1 aromatic heterocycles. The molecule has 5 heteroatoms. The van der Waals surface area contributed by atoms with Crippen molar-refractivity contribution in [3.05, 3.63) is 70.1 Å². The normalized spacial score (nSPS) is 15.4. The van der Waals surface area contributed by atoms with Gasteiger partial charge in [-0.15, -0.1) is 0 Å². The summed E-state index contributed by atoms with van der Waals surface area (Å²) in [6.45, 7) is 4.33. The summed E-state index contributed by atoms with van der Waals surface area (Å²) in [6.07, 6.45) is 8.32. The van der Waals surface area contributed by atoms with E-state index in [0.717, 1.165) is 28.1 Å². The van der Waals surface area contributed by atoms with Gasteiger partial charge in [0.25, 0.3) is 5.91 Å². The predicted molar refractivity (Wildman–Crippen MR) is 105 cm³/mol. The van der Waals surface area contributed by atoms with Crippen molar-refractivity contribution >= 4 is 17.3 Å². The quantitative estimate of drug-likeness (QED) is 0.896. The standard InChI is InChI=1S/C22H20N4O/c1-13-14(2)21(25-12-17(13)10-23)22(27)26-18-7-6-16-11-24-20(19(16)9-18)8-5-15-3-4-15/h5-9,12,15H,3-4,11H2,1-2H3,(H,26,27)/b8-5+. The second kappa shape index (κ2) is 6.81. The van der Waals surface area contributed by atoms with E-state index < -0.39 is 0 Å². The summed E-state index contributed by atoms with van der Waals surface area (Å²) in [7, 11) is 0. The smallest absolute Gasteiger partial charge is 0.274 e. The van der Waals surface area contributed by atoms with Crippen LogP contribution in [0.15, 0.2) is 41.5 Å². The number of amides is 1. The fourth-order valence-corrected chi connectivity index (χ4v) is 3.18. The summed E-state index contributed by atoms with van der Waals surface area (Å²) in [6, 6.07) is 7.97. The lowest BCUT2D eigenvalue weighted by molar-refractivity contribution is 0.102. The molecule has 4 rings (SSSR count). The molecule has 2 heterocycles. The summed E-state index contributed by atoms with van der Waals surface area (Å²) in [4.78, 5) is 21.5. The number of nitrogens with zero attached hydrogens (tertiary/aromatic N) is 3. The molecule has 1 aromatic carbocycles. The highest BCUT2D eigenvalue weighted by atomic mass is 16.1. The molecule has 0 spiro atoms. The van der Waals surface area contributed by atoms with Crippen molar-refractivity contribution in [3.8, 4) is 6.07 Å². The molecule has 1 saturated carbocycles. The number of benzene rings is 1. The Morgan fingerprint density at radius 1 is 1.30 bits per heavy atom. The predicted octanol–water partition coefficient (Wildman–Crippen LogP) is 4.09. The van der Waals surface area contributed by atoms with Crippen LogP contribution in [-0.2, 0) is 6.54 Å². The van der Waals surface area contributed by atoms with Crippen LogP contribution in [0, 0.1) is 31.1 Å². The van der Waals surface area contributed by atoms with E-state index in [2.05, 4.69) is 33.5 Å². The van der Waals surface area contributed by atoms with Gasteiger partial charge >= 0.3 is 0 Å². The first-order valence-corrected chi connectivity index (χ1v) is 9.10. The number of allylic oxidation sites excluding steroid dienone is 2. The van der Waals surface area contributed by atoms with Crippen molar-refractivity contribution in [2.24, 2.45) is 10.9 Å². The Balaban J connectivity index is 1.56. The Hall–Kier alpha value is -3.26. The number of fused-ring (bicyclic) bond motifs is 1. The number of pyridine rings is 1. The fourth-order valence-electron chi connectivity index (χ4n) is 3.18. The molecule has 0 radical (unpaired) electrons. The molecule has 0 bridgehead atoms. The van der Waals surface area contributed by atoms with Crippen LogP contribution in [0.3, 0.4) is 0 Å². The Labute approximate surface area is 158 Å². The van der Waals surface area contributed by atoms with Crippen molar-refractivity contribution in [1.29, 1.82) is 5.26 Å². The third-order valence-electron chi connectivity index (χ3n) is 5.19. The van der Waals surface area contributed by atoms with E-state index in [1.54, 1.807) is 0 Å². The molecule has 5 nitrogen and oxygen atoms in total. The summed E-state index contributed by atoms with van der Waals surface area (Å²) in [5, 5.41) is 12.0. The van der Waals surface area contributed by atoms with Gasteiger partial charge in [-0.2, -0.15) is 5.26 Å². The van der Waals surface area contributed by atoms with Crippen molar-refractivity contribution in [3.63, 3.8) is 0 Å². The van der Waals surface area contributed by atoms with E-state index in [1.807, 2.05) is 32.0 Å². The van der Waals surface area contributed by atoms with Crippen LogP contribution in [0.25, 0.3) is 0 Å². The number of aliphatic imine (C=N–C) groups is 1. The number of hydrogen-bond donors (Lipinski definition) is 1. The molecule has 27 heavy (non-hydrogen) atoms. The zero-order valence-corrected chi connectivity index (χ0v) is 15.4. The fraction of sp³-hybridized carbons (Fsp3) is 0.273. The molecule has 1 amide bonds. The maximum Gasteiger partial charge on any atom is 0.274 e. The van der Waals surface area contributed by atoms with E-state index in [0.29, 0.717) is 23.7 Å². The Bertz CT molecular complexity index is 1040. The number of aromatic nitrogens is 1. The van der Waals surface area contributed by atoms with Crippen LogP contribution in [0.2, 0.25) is 0 Å².